The van der Waals surface area contributed by atoms with Crippen LogP contribution in [0.25, 0.3) is 0 Å². The molecule has 0 aliphatic carbocycles. The summed E-state index contributed by atoms with van der Waals surface area (Å²) in [6.07, 6.45) is 5.42. The minimum absolute atomic E-state index is 0.0437. The van der Waals surface area contributed by atoms with E-state index in [2.05, 4.69) is 19.9 Å². The second-order valence-electron chi connectivity index (χ2n) is 7.01. The molecule has 2 aromatic rings. The van der Waals surface area contributed by atoms with E-state index in [0.717, 1.165) is 38.2 Å². The second-order valence-corrected chi connectivity index (χ2v) is 7.01. The van der Waals surface area contributed by atoms with Crippen LogP contribution in [-0.2, 0) is 6.54 Å². The van der Waals surface area contributed by atoms with Crippen LogP contribution in [0.2, 0.25) is 0 Å². The first kappa shape index (κ1) is 17.7. The predicted molar refractivity (Wildman–Crippen MR) is 97.0 cm³/mol. The van der Waals surface area contributed by atoms with E-state index in [0.29, 0.717) is 11.5 Å². The van der Waals surface area contributed by atoms with Crippen molar-refractivity contribution in [3.8, 4) is 0 Å². The van der Waals surface area contributed by atoms with Gasteiger partial charge in [0.05, 0.1) is 11.4 Å². The van der Waals surface area contributed by atoms with Gasteiger partial charge in [0.2, 0.25) is 0 Å². The van der Waals surface area contributed by atoms with Gasteiger partial charge in [0.25, 0.3) is 0 Å². The van der Waals surface area contributed by atoms with Crippen LogP contribution < -0.4 is 4.90 Å². The summed E-state index contributed by atoms with van der Waals surface area (Å²) in [6.45, 7) is 6.65. The van der Waals surface area contributed by atoms with Crippen molar-refractivity contribution in [3.63, 3.8) is 0 Å². The van der Waals surface area contributed by atoms with E-state index in [1.807, 2.05) is 50.2 Å². The number of hydrogen-bond acceptors (Lipinski definition) is 5. The summed E-state index contributed by atoms with van der Waals surface area (Å²) in [5, 5.41) is 0. The molecule has 5 nitrogen and oxygen atoms in total. The van der Waals surface area contributed by atoms with E-state index in [4.69, 9.17) is 0 Å². The van der Waals surface area contributed by atoms with Gasteiger partial charge in [-0.05, 0) is 37.4 Å². The number of anilines is 1. The molecule has 1 atom stereocenters. The standard InChI is InChI=1S/C19H26FN5/c1-14(2)18-17(20)19(23-13-22-18)24(3)16-8-6-10-25(12-16)11-15-7-4-5-9-21-15/h4-5,7,9,13-14,16H,6,8,10-12H2,1-3H3. The monoisotopic (exact) mass is 343 g/mol. The molecule has 1 saturated heterocycles. The number of piperidine rings is 1. The quantitative estimate of drug-likeness (QED) is 0.834. The summed E-state index contributed by atoms with van der Waals surface area (Å²) >= 11 is 0. The highest BCUT2D eigenvalue weighted by Gasteiger charge is 2.27. The molecule has 1 aliphatic heterocycles. The van der Waals surface area contributed by atoms with E-state index in [-0.39, 0.29) is 17.8 Å². The molecule has 2 aromatic heterocycles. The van der Waals surface area contributed by atoms with E-state index >= 15 is 0 Å². The Morgan fingerprint density at radius 1 is 1.28 bits per heavy atom. The number of likely N-dealkylation sites (tertiary alicyclic amines) is 1. The maximum atomic E-state index is 14.8. The first-order valence-corrected chi connectivity index (χ1v) is 8.91. The van der Waals surface area contributed by atoms with Crippen molar-refractivity contribution in [2.75, 3.05) is 25.0 Å². The maximum absolute atomic E-state index is 14.8. The number of aromatic nitrogens is 3. The Hall–Kier alpha value is -2.08. The van der Waals surface area contributed by atoms with Crippen LogP contribution in [0.15, 0.2) is 30.7 Å². The van der Waals surface area contributed by atoms with Gasteiger partial charge in [-0.3, -0.25) is 9.88 Å². The van der Waals surface area contributed by atoms with E-state index in [1.54, 1.807) is 0 Å². The molecule has 0 spiro atoms. The number of pyridine rings is 1. The molecule has 1 unspecified atom stereocenters. The molecule has 0 amide bonds. The third kappa shape index (κ3) is 4.12. The summed E-state index contributed by atoms with van der Waals surface area (Å²) in [4.78, 5) is 17.1. The normalized spacial score (nSPS) is 18.5. The van der Waals surface area contributed by atoms with Gasteiger partial charge in [-0.1, -0.05) is 19.9 Å². The Bertz CT molecular complexity index is 691. The van der Waals surface area contributed by atoms with Gasteiger partial charge in [-0.2, -0.15) is 0 Å². The highest BCUT2D eigenvalue weighted by atomic mass is 19.1. The van der Waals surface area contributed by atoms with Crippen molar-refractivity contribution >= 4 is 5.82 Å². The minimum Gasteiger partial charge on any atom is -0.353 e. The first-order chi connectivity index (χ1) is 12.1. The lowest BCUT2D eigenvalue weighted by molar-refractivity contribution is 0.196. The van der Waals surface area contributed by atoms with Gasteiger partial charge in [-0.15, -0.1) is 0 Å². The van der Waals surface area contributed by atoms with Crippen molar-refractivity contribution in [2.24, 2.45) is 0 Å². The number of halogens is 1. The number of nitrogens with zero attached hydrogens (tertiary/aromatic N) is 5. The lowest BCUT2D eigenvalue weighted by Gasteiger charge is -2.38. The summed E-state index contributed by atoms with van der Waals surface area (Å²) in [6, 6.07) is 6.23. The summed E-state index contributed by atoms with van der Waals surface area (Å²) in [5.74, 6) is 0.160. The van der Waals surface area contributed by atoms with E-state index in [1.165, 1.54) is 6.33 Å². The Morgan fingerprint density at radius 3 is 2.84 bits per heavy atom. The fraction of sp³-hybridized carbons (Fsp3) is 0.526. The average Bonchev–Trinajstić information content (AvgIpc) is 2.62. The van der Waals surface area contributed by atoms with E-state index < -0.39 is 0 Å². The Morgan fingerprint density at radius 2 is 2.12 bits per heavy atom. The average molecular weight is 343 g/mol. The van der Waals surface area contributed by atoms with Gasteiger partial charge in [0.15, 0.2) is 11.6 Å². The third-order valence-electron chi connectivity index (χ3n) is 4.82. The Balaban J connectivity index is 1.72. The smallest absolute Gasteiger partial charge is 0.187 e. The summed E-state index contributed by atoms with van der Waals surface area (Å²) in [5.41, 5.74) is 1.55. The molecule has 0 saturated carbocycles. The second kappa shape index (κ2) is 7.87. The molecular weight excluding hydrogens is 317 g/mol. The Labute approximate surface area is 148 Å². The van der Waals surface area contributed by atoms with Crippen LogP contribution in [0.3, 0.4) is 0 Å². The molecule has 3 rings (SSSR count). The molecule has 1 aliphatic rings. The SMILES string of the molecule is CC(C)c1ncnc(N(C)C2CCCN(Cc3ccccn3)C2)c1F. The number of hydrogen-bond donors (Lipinski definition) is 0. The van der Waals surface area contributed by atoms with Crippen molar-refractivity contribution in [1.29, 1.82) is 0 Å². The van der Waals surface area contributed by atoms with Crippen molar-refractivity contribution in [2.45, 2.75) is 45.2 Å². The van der Waals surface area contributed by atoms with Gasteiger partial charge < -0.3 is 4.90 Å². The molecule has 134 valence electrons. The van der Waals surface area contributed by atoms with Crippen LogP contribution >= 0.6 is 0 Å². The summed E-state index contributed by atoms with van der Waals surface area (Å²) < 4.78 is 14.8. The lowest BCUT2D eigenvalue weighted by Crippen LogP contribution is -2.47. The van der Waals surface area contributed by atoms with Crippen molar-refractivity contribution < 1.29 is 4.39 Å². The highest BCUT2D eigenvalue weighted by molar-refractivity contribution is 5.42. The van der Waals surface area contributed by atoms with Crippen LogP contribution in [0.5, 0.6) is 0 Å². The third-order valence-corrected chi connectivity index (χ3v) is 4.82. The molecule has 0 N–H and O–H groups in total. The lowest BCUT2D eigenvalue weighted by atomic mass is 10.0. The zero-order chi connectivity index (χ0) is 17.8. The zero-order valence-electron chi connectivity index (χ0n) is 15.2. The first-order valence-electron chi connectivity index (χ1n) is 8.91. The van der Waals surface area contributed by atoms with Crippen LogP contribution in [0.4, 0.5) is 10.2 Å². The van der Waals surface area contributed by atoms with Crippen molar-refractivity contribution in [3.05, 3.63) is 47.9 Å². The molecule has 0 bridgehead atoms. The van der Waals surface area contributed by atoms with Gasteiger partial charge in [0, 0.05) is 32.4 Å². The number of rotatable bonds is 5. The topological polar surface area (TPSA) is 45.2 Å². The molecule has 1 fully saturated rings. The fourth-order valence-corrected chi connectivity index (χ4v) is 3.41. The molecule has 3 heterocycles. The van der Waals surface area contributed by atoms with Crippen LogP contribution in [0.1, 0.15) is 44.0 Å². The maximum Gasteiger partial charge on any atom is 0.187 e. The number of likely N-dealkylation sites (N-methyl/N-ethyl adjacent to an activating group) is 1. The molecule has 25 heavy (non-hydrogen) atoms. The summed E-state index contributed by atoms with van der Waals surface area (Å²) in [7, 11) is 1.93. The van der Waals surface area contributed by atoms with Gasteiger partial charge in [-0.25, -0.2) is 14.4 Å². The molecule has 6 heteroatoms. The van der Waals surface area contributed by atoms with Crippen molar-refractivity contribution in [1.82, 2.24) is 19.9 Å². The molecule has 0 aromatic carbocycles. The fourth-order valence-electron chi connectivity index (χ4n) is 3.41. The molecule has 0 radical (unpaired) electrons. The van der Waals surface area contributed by atoms with Crippen LogP contribution in [0, 0.1) is 5.82 Å². The van der Waals surface area contributed by atoms with Gasteiger partial charge in [0.1, 0.15) is 6.33 Å². The predicted octanol–water partition coefficient (Wildman–Crippen LogP) is 3.23. The highest BCUT2D eigenvalue weighted by Crippen LogP contribution is 2.26. The minimum atomic E-state index is -0.290. The molecular formula is C19H26FN5. The van der Waals surface area contributed by atoms with Crippen LogP contribution in [-0.4, -0.2) is 46.0 Å². The van der Waals surface area contributed by atoms with E-state index in [9.17, 15) is 4.39 Å². The zero-order valence-corrected chi connectivity index (χ0v) is 15.2. The largest absolute Gasteiger partial charge is 0.353 e. The van der Waals surface area contributed by atoms with Gasteiger partial charge >= 0.3 is 0 Å². The Kier molecular flexibility index (Phi) is 5.58.